The normalized spacial score (nSPS) is 31.1. The molecule has 1 aliphatic rings. The number of aliphatic hydroxyl groups is 1. The highest BCUT2D eigenvalue weighted by Crippen LogP contribution is 2.37. The van der Waals surface area contributed by atoms with Crippen LogP contribution in [0.2, 0.25) is 0 Å². The molecule has 2 rings (SSSR count). The van der Waals surface area contributed by atoms with E-state index in [0.717, 1.165) is 30.6 Å². The second kappa shape index (κ2) is 3.93. The number of hydrogen-bond donors (Lipinski definition) is 2. The maximum Gasteiger partial charge on any atom is 0.100 e. The van der Waals surface area contributed by atoms with Crippen molar-refractivity contribution in [1.82, 2.24) is 0 Å². The van der Waals surface area contributed by atoms with E-state index in [0.29, 0.717) is 5.56 Å². The number of aliphatic hydroxyl groups excluding tert-OH is 1. The van der Waals surface area contributed by atoms with E-state index in [4.69, 9.17) is 11.0 Å². The summed E-state index contributed by atoms with van der Waals surface area (Å²) in [6, 6.07) is 4.00. The molecule has 0 atom stereocenters. The van der Waals surface area contributed by atoms with Gasteiger partial charge in [-0.1, -0.05) is 0 Å². The molecule has 1 aromatic rings. The Labute approximate surface area is 93.1 Å². The Hall–Kier alpha value is -0.890. The molecule has 1 aliphatic carbocycles. The second-order valence-corrected chi connectivity index (χ2v) is 5.11. The van der Waals surface area contributed by atoms with E-state index in [9.17, 15) is 5.11 Å². The Bertz CT molecular complexity index is 386. The lowest BCUT2D eigenvalue weighted by Gasteiger charge is -2.34. The van der Waals surface area contributed by atoms with Gasteiger partial charge in [0, 0.05) is 10.3 Å². The van der Waals surface area contributed by atoms with Gasteiger partial charge in [0.1, 0.15) is 6.07 Å². The second-order valence-electron chi connectivity index (χ2n) is 4.20. The molecule has 0 aliphatic heterocycles. The van der Waals surface area contributed by atoms with Gasteiger partial charge in [-0.2, -0.15) is 5.26 Å². The third-order valence-corrected chi connectivity index (χ3v) is 4.22. The van der Waals surface area contributed by atoms with Crippen LogP contribution in [0.25, 0.3) is 0 Å². The number of thiophene rings is 1. The molecule has 0 unspecified atom stereocenters. The molecule has 0 aromatic carbocycles. The minimum absolute atomic E-state index is 0.197. The number of nitriles is 1. The summed E-state index contributed by atoms with van der Waals surface area (Å²) in [5.74, 6) is 0. The predicted molar refractivity (Wildman–Crippen MR) is 59.4 cm³/mol. The predicted octanol–water partition coefficient (Wildman–Crippen LogP) is 1.71. The van der Waals surface area contributed by atoms with Crippen molar-refractivity contribution in [3.8, 4) is 6.07 Å². The fourth-order valence-electron chi connectivity index (χ4n) is 2.02. The molecule has 1 heterocycles. The fourth-order valence-corrected chi connectivity index (χ4v) is 3.03. The standard InChI is InChI=1S/C11H14N2OS/c12-6-8-5-10(15-7-8)11(13)3-1-9(14)2-4-11/h5,7,9,14H,1-4,13H2. The summed E-state index contributed by atoms with van der Waals surface area (Å²) in [7, 11) is 0. The maximum absolute atomic E-state index is 9.44. The van der Waals surface area contributed by atoms with Crippen molar-refractivity contribution in [2.24, 2.45) is 5.73 Å². The first kappa shape index (κ1) is 10.6. The molecule has 4 heteroatoms. The van der Waals surface area contributed by atoms with Crippen molar-refractivity contribution < 1.29 is 5.11 Å². The highest BCUT2D eigenvalue weighted by atomic mass is 32.1. The first-order valence-electron chi connectivity index (χ1n) is 5.10. The SMILES string of the molecule is N#Cc1csc(C2(N)CCC(O)CC2)c1. The van der Waals surface area contributed by atoms with Crippen LogP contribution in [0.15, 0.2) is 11.4 Å². The summed E-state index contributed by atoms with van der Waals surface area (Å²) >= 11 is 1.55. The first-order valence-corrected chi connectivity index (χ1v) is 5.98. The van der Waals surface area contributed by atoms with Crippen LogP contribution < -0.4 is 5.73 Å². The Balaban J connectivity index is 2.19. The summed E-state index contributed by atoms with van der Waals surface area (Å²) in [6.07, 6.45) is 2.93. The van der Waals surface area contributed by atoms with Crippen molar-refractivity contribution in [3.05, 3.63) is 21.9 Å². The molecule has 1 aromatic heterocycles. The lowest BCUT2D eigenvalue weighted by Crippen LogP contribution is -2.40. The van der Waals surface area contributed by atoms with Gasteiger partial charge < -0.3 is 10.8 Å². The van der Waals surface area contributed by atoms with E-state index in [1.54, 1.807) is 11.3 Å². The van der Waals surface area contributed by atoms with Gasteiger partial charge >= 0.3 is 0 Å². The average molecular weight is 222 g/mol. The summed E-state index contributed by atoms with van der Waals surface area (Å²) < 4.78 is 0. The van der Waals surface area contributed by atoms with Crippen molar-refractivity contribution >= 4 is 11.3 Å². The molecule has 0 radical (unpaired) electrons. The van der Waals surface area contributed by atoms with Crippen molar-refractivity contribution in [1.29, 1.82) is 5.26 Å². The van der Waals surface area contributed by atoms with E-state index < -0.39 is 0 Å². The van der Waals surface area contributed by atoms with Gasteiger partial charge in [0.2, 0.25) is 0 Å². The first-order chi connectivity index (χ1) is 7.14. The van der Waals surface area contributed by atoms with Gasteiger partial charge in [0.05, 0.1) is 17.2 Å². The van der Waals surface area contributed by atoms with Gasteiger partial charge in [0.15, 0.2) is 0 Å². The van der Waals surface area contributed by atoms with Crippen molar-refractivity contribution in [3.63, 3.8) is 0 Å². The minimum Gasteiger partial charge on any atom is -0.393 e. The molecule has 1 saturated carbocycles. The van der Waals surface area contributed by atoms with Crippen molar-refractivity contribution in [2.75, 3.05) is 0 Å². The molecule has 0 amide bonds. The van der Waals surface area contributed by atoms with Crippen LogP contribution in [-0.4, -0.2) is 11.2 Å². The smallest absolute Gasteiger partial charge is 0.100 e. The molecule has 0 bridgehead atoms. The molecular weight excluding hydrogens is 208 g/mol. The van der Waals surface area contributed by atoms with Crippen LogP contribution in [0.1, 0.15) is 36.1 Å². The summed E-state index contributed by atoms with van der Waals surface area (Å²) in [5.41, 5.74) is 6.67. The van der Waals surface area contributed by atoms with E-state index in [1.807, 2.05) is 11.4 Å². The van der Waals surface area contributed by atoms with E-state index in [1.165, 1.54) is 0 Å². The third kappa shape index (κ3) is 2.05. The number of hydrogen-bond acceptors (Lipinski definition) is 4. The van der Waals surface area contributed by atoms with Crippen LogP contribution in [0.3, 0.4) is 0 Å². The molecule has 1 fully saturated rings. The average Bonchev–Trinajstić information content (AvgIpc) is 2.72. The van der Waals surface area contributed by atoms with Gasteiger partial charge in [-0.3, -0.25) is 0 Å². The monoisotopic (exact) mass is 222 g/mol. The summed E-state index contributed by atoms with van der Waals surface area (Å²) in [4.78, 5) is 1.07. The zero-order valence-corrected chi connectivity index (χ0v) is 9.26. The van der Waals surface area contributed by atoms with Crippen LogP contribution >= 0.6 is 11.3 Å². The molecular formula is C11H14N2OS. The van der Waals surface area contributed by atoms with Crippen LogP contribution in [0, 0.1) is 11.3 Å². The van der Waals surface area contributed by atoms with E-state index in [2.05, 4.69) is 6.07 Å². The molecule has 3 nitrogen and oxygen atoms in total. The zero-order valence-electron chi connectivity index (χ0n) is 8.44. The third-order valence-electron chi connectivity index (χ3n) is 3.07. The van der Waals surface area contributed by atoms with Gasteiger partial charge in [-0.05, 0) is 31.7 Å². The van der Waals surface area contributed by atoms with E-state index >= 15 is 0 Å². The molecule has 0 spiro atoms. The zero-order chi connectivity index (χ0) is 10.9. The Morgan fingerprint density at radius 2 is 2.20 bits per heavy atom. The molecule has 80 valence electrons. The maximum atomic E-state index is 9.44. The fraction of sp³-hybridized carbons (Fsp3) is 0.545. The highest BCUT2D eigenvalue weighted by Gasteiger charge is 2.33. The van der Waals surface area contributed by atoms with Gasteiger partial charge in [-0.25, -0.2) is 0 Å². The lowest BCUT2D eigenvalue weighted by molar-refractivity contribution is 0.0979. The summed E-state index contributed by atoms with van der Waals surface area (Å²) in [6.45, 7) is 0. The Kier molecular flexibility index (Phi) is 2.79. The van der Waals surface area contributed by atoms with Gasteiger partial charge in [0.25, 0.3) is 0 Å². The summed E-state index contributed by atoms with van der Waals surface area (Å²) in [5, 5.41) is 20.0. The molecule has 15 heavy (non-hydrogen) atoms. The Morgan fingerprint density at radius 1 is 1.53 bits per heavy atom. The quantitative estimate of drug-likeness (QED) is 0.760. The number of nitrogens with zero attached hydrogens (tertiary/aromatic N) is 1. The highest BCUT2D eigenvalue weighted by molar-refractivity contribution is 7.10. The number of nitrogens with two attached hydrogens (primary N) is 1. The van der Waals surface area contributed by atoms with Gasteiger partial charge in [-0.15, -0.1) is 11.3 Å². The lowest BCUT2D eigenvalue weighted by atomic mass is 9.80. The molecule has 3 N–H and O–H groups in total. The van der Waals surface area contributed by atoms with E-state index in [-0.39, 0.29) is 11.6 Å². The largest absolute Gasteiger partial charge is 0.393 e. The molecule has 0 saturated heterocycles. The Morgan fingerprint density at radius 3 is 2.73 bits per heavy atom. The minimum atomic E-state index is -0.320. The topological polar surface area (TPSA) is 70.0 Å². The number of rotatable bonds is 1. The van der Waals surface area contributed by atoms with Crippen LogP contribution in [-0.2, 0) is 5.54 Å². The van der Waals surface area contributed by atoms with Crippen LogP contribution in [0.4, 0.5) is 0 Å². The van der Waals surface area contributed by atoms with Crippen molar-refractivity contribution in [2.45, 2.75) is 37.3 Å². The van der Waals surface area contributed by atoms with Crippen LogP contribution in [0.5, 0.6) is 0 Å².